The molecular formula is C15H20FN. The zero-order chi connectivity index (χ0) is 12.1. The molecule has 2 heteroatoms. The summed E-state index contributed by atoms with van der Waals surface area (Å²) in [5, 5.41) is 3.47. The molecule has 1 aliphatic rings. The van der Waals surface area contributed by atoms with Crippen LogP contribution in [-0.2, 0) is 5.41 Å². The fourth-order valence-corrected chi connectivity index (χ4v) is 2.51. The summed E-state index contributed by atoms with van der Waals surface area (Å²) in [6, 6.07) is 7.05. The van der Waals surface area contributed by atoms with Crippen LogP contribution in [0, 0.1) is 5.82 Å². The van der Waals surface area contributed by atoms with E-state index < -0.39 is 0 Å². The zero-order valence-corrected chi connectivity index (χ0v) is 10.4. The number of benzene rings is 1. The van der Waals surface area contributed by atoms with Crippen LogP contribution < -0.4 is 5.32 Å². The van der Waals surface area contributed by atoms with Crippen molar-refractivity contribution in [1.82, 2.24) is 5.32 Å². The summed E-state index contributed by atoms with van der Waals surface area (Å²) >= 11 is 0. The summed E-state index contributed by atoms with van der Waals surface area (Å²) in [6.07, 6.45) is 7.56. The van der Waals surface area contributed by atoms with E-state index in [1.54, 1.807) is 6.07 Å². The van der Waals surface area contributed by atoms with E-state index in [0.717, 1.165) is 37.9 Å². The van der Waals surface area contributed by atoms with Crippen LogP contribution in [0.5, 0.6) is 0 Å². The molecule has 92 valence electrons. The molecule has 1 nitrogen and oxygen atoms in total. The summed E-state index contributed by atoms with van der Waals surface area (Å²) in [5.74, 6) is -0.135. The Morgan fingerprint density at radius 1 is 1.29 bits per heavy atom. The number of allylic oxidation sites excluding steroid dienone is 2. The molecule has 1 N–H and O–H groups in total. The first-order chi connectivity index (χ1) is 8.27. The van der Waals surface area contributed by atoms with Gasteiger partial charge in [-0.05, 0) is 43.5 Å². The lowest BCUT2D eigenvalue weighted by Crippen LogP contribution is -2.36. The van der Waals surface area contributed by atoms with Crippen LogP contribution in [-0.4, -0.2) is 13.1 Å². The predicted molar refractivity (Wildman–Crippen MR) is 69.6 cm³/mol. The van der Waals surface area contributed by atoms with Crippen molar-refractivity contribution in [2.75, 3.05) is 13.1 Å². The molecule has 0 saturated carbocycles. The predicted octanol–water partition coefficient (Wildman–Crippen LogP) is 3.41. The minimum absolute atomic E-state index is 0.0667. The Morgan fingerprint density at radius 2 is 2.06 bits per heavy atom. The SMILES string of the molecule is CCCNCC1(c2cccc(F)c2)CC=CC1. The van der Waals surface area contributed by atoms with Crippen molar-refractivity contribution in [2.45, 2.75) is 31.6 Å². The van der Waals surface area contributed by atoms with Crippen molar-refractivity contribution < 1.29 is 4.39 Å². The van der Waals surface area contributed by atoms with E-state index in [9.17, 15) is 4.39 Å². The second kappa shape index (κ2) is 5.46. The number of hydrogen-bond donors (Lipinski definition) is 1. The Hall–Kier alpha value is -1.15. The highest BCUT2D eigenvalue weighted by atomic mass is 19.1. The fraction of sp³-hybridized carbons (Fsp3) is 0.467. The lowest BCUT2D eigenvalue weighted by atomic mass is 9.78. The third-order valence-corrected chi connectivity index (χ3v) is 3.51. The van der Waals surface area contributed by atoms with Crippen molar-refractivity contribution in [3.63, 3.8) is 0 Å². The molecule has 0 amide bonds. The van der Waals surface area contributed by atoms with Gasteiger partial charge in [0.1, 0.15) is 5.82 Å². The van der Waals surface area contributed by atoms with Crippen molar-refractivity contribution in [3.8, 4) is 0 Å². The smallest absolute Gasteiger partial charge is 0.123 e. The Balaban J connectivity index is 2.16. The first-order valence-corrected chi connectivity index (χ1v) is 6.39. The third-order valence-electron chi connectivity index (χ3n) is 3.51. The van der Waals surface area contributed by atoms with Crippen LogP contribution in [0.25, 0.3) is 0 Å². The van der Waals surface area contributed by atoms with E-state index in [0.29, 0.717) is 0 Å². The summed E-state index contributed by atoms with van der Waals surface area (Å²) in [4.78, 5) is 0. The molecule has 0 unspecified atom stereocenters. The molecule has 0 fully saturated rings. The molecule has 0 bridgehead atoms. The molecule has 0 atom stereocenters. The van der Waals surface area contributed by atoms with Gasteiger partial charge in [0.2, 0.25) is 0 Å². The minimum Gasteiger partial charge on any atom is -0.316 e. The zero-order valence-electron chi connectivity index (χ0n) is 10.4. The van der Waals surface area contributed by atoms with Gasteiger partial charge in [0.25, 0.3) is 0 Å². The van der Waals surface area contributed by atoms with E-state index in [1.807, 2.05) is 12.1 Å². The van der Waals surface area contributed by atoms with Crippen molar-refractivity contribution in [3.05, 3.63) is 47.8 Å². The molecule has 0 saturated heterocycles. The molecule has 0 spiro atoms. The van der Waals surface area contributed by atoms with E-state index in [-0.39, 0.29) is 11.2 Å². The second-order valence-electron chi connectivity index (χ2n) is 4.85. The van der Waals surface area contributed by atoms with Gasteiger partial charge >= 0.3 is 0 Å². The summed E-state index contributed by atoms with van der Waals surface area (Å²) < 4.78 is 13.3. The average molecular weight is 233 g/mol. The lowest BCUT2D eigenvalue weighted by Gasteiger charge is -2.30. The Kier molecular flexibility index (Phi) is 3.95. The van der Waals surface area contributed by atoms with Crippen LogP contribution in [0.4, 0.5) is 4.39 Å². The quantitative estimate of drug-likeness (QED) is 0.607. The molecular weight excluding hydrogens is 213 g/mol. The highest BCUT2D eigenvalue weighted by Gasteiger charge is 2.32. The van der Waals surface area contributed by atoms with E-state index >= 15 is 0 Å². The second-order valence-corrected chi connectivity index (χ2v) is 4.85. The molecule has 1 aliphatic carbocycles. The average Bonchev–Trinajstić information content (AvgIpc) is 2.79. The van der Waals surface area contributed by atoms with E-state index in [4.69, 9.17) is 0 Å². The van der Waals surface area contributed by atoms with Gasteiger partial charge in [-0.2, -0.15) is 0 Å². The molecule has 1 aromatic rings. The molecule has 0 heterocycles. The van der Waals surface area contributed by atoms with Gasteiger partial charge in [-0.1, -0.05) is 31.2 Å². The van der Waals surface area contributed by atoms with Gasteiger partial charge in [-0.3, -0.25) is 0 Å². The molecule has 2 rings (SSSR count). The molecule has 0 aliphatic heterocycles. The summed E-state index contributed by atoms with van der Waals surface area (Å²) in [7, 11) is 0. The Morgan fingerprint density at radius 3 is 2.71 bits per heavy atom. The van der Waals surface area contributed by atoms with Crippen LogP contribution in [0.2, 0.25) is 0 Å². The monoisotopic (exact) mass is 233 g/mol. The Bertz CT molecular complexity index is 390. The van der Waals surface area contributed by atoms with Gasteiger partial charge in [0.15, 0.2) is 0 Å². The van der Waals surface area contributed by atoms with E-state index in [2.05, 4.69) is 24.4 Å². The molecule has 17 heavy (non-hydrogen) atoms. The first-order valence-electron chi connectivity index (χ1n) is 6.39. The number of halogens is 1. The van der Waals surface area contributed by atoms with Crippen LogP contribution in [0.15, 0.2) is 36.4 Å². The number of rotatable bonds is 5. The molecule has 0 aromatic heterocycles. The van der Waals surface area contributed by atoms with Gasteiger partial charge in [-0.15, -0.1) is 0 Å². The largest absolute Gasteiger partial charge is 0.316 e. The number of nitrogens with one attached hydrogen (secondary N) is 1. The van der Waals surface area contributed by atoms with Gasteiger partial charge in [0, 0.05) is 12.0 Å². The Labute approximate surface area is 103 Å². The standard InChI is InChI=1S/C15H20FN/c1-2-10-17-12-15(8-3-4-9-15)13-6-5-7-14(16)11-13/h3-7,11,17H,2,8-10,12H2,1H3. The lowest BCUT2D eigenvalue weighted by molar-refractivity contribution is 0.417. The highest BCUT2D eigenvalue weighted by molar-refractivity contribution is 5.31. The maximum Gasteiger partial charge on any atom is 0.123 e. The van der Waals surface area contributed by atoms with Crippen molar-refractivity contribution >= 4 is 0 Å². The molecule has 0 radical (unpaired) electrons. The maximum absolute atomic E-state index is 13.3. The van der Waals surface area contributed by atoms with Crippen molar-refractivity contribution in [2.24, 2.45) is 0 Å². The normalized spacial score (nSPS) is 17.5. The van der Waals surface area contributed by atoms with Gasteiger partial charge < -0.3 is 5.32 Å². The first kappa shape index (κ1) is 12.3. The fourth-order valence-electron chi connectivity index (χ4n) is 2.51. The van der Waals surface area contributed by atoms with E-state index in [1.165, 1.54) is 6.07 Å². The number of hydrogen-bond acceptors (Lipinski definition) is 1. The molecule has 1 aromatic carbocycles. The van der Waals surface area contributed by atoms with Crippen molar-refractivity contribution in [1.29, 1.82) is 0 Å². The minimum atomic E-state index is -0.135. The third kappa shape index (κ3) is 2.75. The van der Waals surface area contributed by atoms with Crippen LogP contribution in [0.3, 0.4) is 0 Å². The highest BCUT2D eigenvalue weighted by Crippen LogP contribution is 2.36. The van der Waals surface area contributed by atoms with Crippen LogP contribution in [0.1, 0.15) is 31.7 Å². The van der Waals surface area contributed by atoms with Gasteiger partial charge in [-0.25, -0.2) is 4.39 Å². The summed E-state index contributed by atoms with van der Waals surface area (Å²) in [6.45, 7) is 4.11. The van der Waals surface area contributed by atoms with Gasteiger partial charge in [0.05, 0.1) is 0 Å². The summed E-state index contributed by atoms with van der Waals surface area (Å²) in [5.41, 5.74) is 1.18. The topological polar surface area (TPSA) is 12.0 Å². The maximum atomic E-state index is 13.3. The van der Waals surface area contributed by atoms with Crippen LogP contribution >= 0.6 is 0 Å².